The maximum Gasteiger partial charge on any atom is 0.416 e. The van der Waals surface area contributed by atoms with Gasteiger partial charge in [0.2, 0.25) is 2.88 Å². The summed E-state index contributed by atoms with van der Waals surface area (Å²) in [5, 5.41) is 1.95. The highest BCUT2D eigenvalue weighted by Gasteiger charge is 2.32. The van der Waals surface area contributed by atoms with Crippen LogP contribution in [0.2, 0.25) is 0 Å². The van der Waals surface area contributed by atoms with Gasteiger partial charge in [0.05, 0.1) is 10.5 Å². The minimum atomic E-state index is -4.27. The van der Waals surface area contributed by atoms with E-state index in [0.717, 1.165) is 15.2 Å². The summed E-state index contributed by atoms with van der Waals surface area (Å²) >= 11 is 1.12. The molecule has 0 aliphatic carbocycles. The number of rotatable bonds is 3. The summed E-state index contributed by atoms with van der Waals surface area (Å²) in [4.78, 5) is -0.178. The average molecular weight is 526 g/mol. The lowest BCUT2D eigenvalue weighted by Gasteiger charge is -2.05. The van der Waals surface area contributed by atoms with Crippen LogP contribution in [0.4, 0.5) is 13.2 Å². The summed E-state index contributed by atoms with van der Waals surface area (Å²) < 4.78 is 70.5. The Bertz CT molecular complexity index is 968. The summed E-state index contributed by atoms with van der Waals surface area (Å²) in [7, 11) is -4.27. The Labute approximate surface area is 169 Å². The van der Waals surface area contributed by atoms with E-state index < -0.39 is 43.1 Å². The van der Waals surface area contributed by atoms with Gasteiger partial charge in [0.15, 0.2) is 3.57 Å². The molecule has 1 aromatic heterocycles. The van der Waals surface area contributed by atoms with Gasteiger partial charge in [-0.05, 0) is 42.6 Å². The lowest BCUT2D eigenvalue weighted by Crippen LogP contribution is -3.61. The van der Waals surface area contributed by atoms with Crippen molar-refractivity contribution in [2.75, 3.05) is 0 Å². The van der Waals surface area contributed by atoms with Crippen LogP contribution < -0.4 is 21.2 Å². The predicted molar refractivity (Wildman–Crippen MR) is 92.3 cm³/mol. The van der Waals surface area contributed by atoms with Crippen molar-refractivity contribution < 1.29 is 47.3 Å². The fourth-order valence-corrected chi connectivity index (χ4v) is 6.11. The molecule has 0 bridgehead atoms. The number of benzene rings is 2. The Kier molecular flexibility index (Phi) is 7.43. The zero-order valence-corrected chi connectivity index (χ0v) is 17.7. The first-order valence-corrected chi connectivity index (χ1v) is 11.9. The van der Waals surface area contributed by atoms with E-state index in [0.29, 0.717) is 0 Å². The van der Waals surface area contributed by atoms with Gasteiger partial charge in [-0.1, -0.05) is 35.1 Å². The van der Waals surface area contributed by atoms with Gasteiger partial charge in [-0.2, -0.15) is 13.2 Å². The minimum absolute atomic E-state index is 0.178. The molecule has 9 heteroatoms. The fourth-order valence-electron chi connectivity index (χ4n) is 1.85. The molecule has 144 valence electrons. The second-order valence-electron chi connectivity index (χ2n) is 5.29. The van der Waals surface area contributed by atoms with Gasteiger partial charge in [0, 0.05) is 12.1 Å². The van der Waals surface area contributed by atoms with Crippen molar-refractivity contribution in [3.63, 3.8) is 0 Å². The van der Waals surface area contributed by atoms with Crippen molar-refractivity contribution in [1.29, 1.82) is 0 Å². The van der Waals surface area contributed by atoms with Crippen LogP contribution in [0.25, 0.3) is 0 Å². The van der Waals surface area contributed by atoms with Crippen LogP contribution in [0.3, 0.4) is 0 Å². The Morgan fingerprint density at radius 2 is 1.67 bits per heavy atom. The summed E-state index contributed by atoms with van der Waals surface area (Å²) in [5.41, 5.74) is 0.374. The molecule has 3 nitrogen and oxygen atoms in total. The van der Waals surface area contributed by atoms with E-state index >= 15 is 0 Å². The van der Waals surface area contributed by atoms with Crippen LogP contribution in [0.1, 0.15) is 11.1 Å². The molecule has 3 rings (SSSR count). The summed E-state index contributed by atoms with van der Waals surface area (Å²) in [6, 6.07) is 15.3. The number of aryl methyl sites for hydroxylation is 1. The monoisotopic (exact) mass is 526 g/mol. The molecular weight excluding hydrogens is 512 g/mol. The third kappa shape index (κ3) is 7.24. The Hall–Kier alpha value is -1.43. The number of halogens is 4. The SMILES string of the molecule is Cc1ccc(S(=O)(=O)[O-])cc1.FC(F)(F)c1cccc([I+]c2cccs2)c1. The van der Waals surface area contributed by atoms with Crippen molar-refractivity contribution in [2.45, 2.75) is 18.0 Å². The van der Waals surface area contributed by atoms with Gasteiger partial charge in [0.1, 0.15) is 10.1 Å². The molecule has 0 atom stereocenters. The maximum absolute atomic E-state index is 12.5. The molecule has 0 spiro atoms. The molecule has 3 aromatic rings. The molecule has 0 saturated heterocycles. The zero-order chi connectivity index (χ0) is 20.1. The molecule has 0 N–H and O–H groups in total. The van der Waals surface area contributed by atoms with Gasteiger partial charge in [0.25, 0.3) is 0 Å². The van der Waals surface area contributed by atoms with E-state index in [4.69, 9.17) is 0 Å². The maximum atomic E-state index is 12.5. The molecule has 0 unspecified atom stereocenters. The lowest BCUT2D eigenvalue weighted by molar-refractivity contribution is -0.591. The van der Waals surface area contributed by atoms with Crippen LogP contribution >= 0.6 is 11.3 Å². The van der Waals surface area contributed by atoms with E-state index in [1.165, 1.54) is 27.1 Å². The molecule has 0 radical (unpaired) electrons. The van der Waals surface area contributed by atoms with Crippen molar-refractivity contribution >= 4 is 21.5 Å². The summed E-state index contributed by atoms with van der Waals surface area (Å²) in [5.74, 6) is 0. The second kappa shape index (κ2) is 9.18. The molecule has 27 heavy (non-hydrogen) atoms. The molecule has 0 amide bonds. The van der Waals surface area contributed by atoms with E-state index in [2.05, 4.69) is 0 Å². The van der Waals surface area contributed by atoms with Gasteiger partial charge < -0.3 is 4.55 Å². The highest BCUT2D eigenvalue weighted by Crippen LogP contribution is 2.28. The average Bonchev–Trinajstić information content (AvgIpc) is 3.07. The quantitative estimate of drug-likeness (QED) is 0.387. The Balaban J connectivity index is 0.000000208. The molecule has 1 heterocycles. The summed E-state index contributed by atoms with van der Waals surface area (Å²) in [6.07, 6.45) is -4.24. The third-order valence-corrected chi connectivity index (χ3v) is 8.12. The van der Waals surface area contributed by atoms with E-state index in [1.807, 2.05) is 24.4 Å². The van der Waals surface area contributed by atoms with Crippen molar-refractivity contribution in [3.05, 3.63) is 83.6 Å². The first kappa shape index (κ1) is 21.9. The number of hydrogen-bond donors (Lipinski definition) is 0. The number of hydrogen-bond acceptors (Lipinski definition) is 4. The smallest absolute Gasteiger partial charge is 0.416 e. The molecule has 0 saturated carbocycles. The Morgan fingerprint density at radius 3 is 2.19 bits per heavy atom. The molecule has 0 aliphatic heterocycles. The Morgan fingerprint density at radius 1 is 1.00 bits per heavy atom. The second-order valence-corrected chi connectivity index (χ2v) is 11.3. The van der Waals surface area contributed by atoms with E-state index in [-0.39, 0.29) is 4.90 Å². The zero-order valence-electron chi connectivity index (χ0n) is 13.9. The van der Waals surface area contributed by atoms with Gasteiger partial charge in [-0.3, -0.25) is 0 Å². The lowest BCUT2D eigenvalue weighted by atomic mass is 10.2. The van der Waals surface area contributed by atoms with Gasteiger partial charge in [-0.25, -0.2) is 8.42 Å². The standard InChI is InChI=1S/C11H7F3IS.C7H8O3S/c12-11(13,14)8-3-1-4-9(7-8)15-10-5-2-6-16-10;1-6-2-4-7(5-3-6)11(8,9)10/h1-7H;2-5H,1H3,(H,8,9,10)/q+1;/p-1. The van der Waals surface area contributed by atoms with E-state index in [9.17, 15) is 26.1 Å². The first-order valence-electron chi connectivity index (χ1n) is 7.44. The van der Waals surface area contributed by atoms with Crippen LogP contribution in [0, 0.1) is 13.4 Å². The van der Waals surface area contributed by atoms with Crippen molar-refractivity contribution in [2.24, 2.45) is 0 Å². The van der Waals surface area contributed by atoms with Crippen LogP contribution in [0.5, 0.6) is 0 Å². The van der Waals surface area contributed by atoms with Crippen LogP contribution in [-0.2, 0) is 16.3 Å². The molecule has 0 fully saturated rings. The van der Waals surface area contributed by atoms with Crippen molar-refractivity contribution in [1.82, 2.24) is 0 Å². The molecule has 0 aliphatic rings. The number of thiophene rings is 1. The topological polar surface area (TPSA) is 57.2 Å². The third-order valence-electron chi connectivity index (χ3n) is 3.15. The predicted octanol–water partition coefficient (Wildman–Crippen LogP) is 1.79. The van der Waals surface area contributed by atoms with Crippen molar-refractivity contribution in [3.8, 4) is 0 Å². The largest absolute Gasteiger partial charge is 0.744 e. The van der Waals surface area contributed by atoms with E-state index in [1.54, 1.807) is 29.5 Å². The highest BCUT2D eigenvalue weighted by atomic mass is 127. The van der Waals surface area contributed by atoms with Crippen LogP contribution in [-0.4, -0.2) is 13.0 Å². The van der Waals surface area contributed by atoms with Gasteiger partial charge in [-0.15, -0.1) is 0 Å². The minimum Gasteiger partial charge on any atom is -0.744 e. The number of alkyl halides is 3. The first-order chi connectivity index (χ1) is 12.6. The molecule has 2 aromatic carbocycles. The summed E-state index contributed by atoms with van der Waals surface area (Å²) in [6.45, 7) is 1.82. The van der Waals surface area contributed by atoms with Gasteiger partial charge >= 0.3 is 27.4 Å². The normalized spacial score (nSPS) is 11.6. The van der Waals surface area contributed by atoms with Crippen LogP contribution in [0.15, 0.2) is 70.9 Å². The highest BCUT2D eigenvalue weighted by molar-refractivity contribution is 7.85. The fraction of sp³-hybridized carbons (Fsp3) is 0.111. The molecular formula is C18H14F3IO3S2.